The lowest BCUT2D eigenvalue weighted by molar-refractivity contribution is -0.119. The molecule has 0 spiro atoms. The van der Waals surface area contributed by atoms with Gasteiger partial charge in [0.1, 0.15) is 5.82 Å². The first-order valence-corrected chi connectivity index (χ1v) is 11.0. The minimum atomic E-state index is 0.00181. The minimum absolute atomic E-state index is 0.00181. The Balaban J connectivity index is 1.56. The molecule has 1 unspecified atom stereocenters. The van der Waals surface area contributed by atoms with Crippen molar-refractivity contribution in [1.82, 2.24) is 20.1 Å². The van der Waals surface area contributed by atoms with Gasteiger partial charge in [-0.05, 0) is 44.2 Å². The molecule has 1 saturated carbocycles. The van der Waals surface area contributed by atoms with Crippen molar-refractivity contribution in [2.75, 3.05) is 5.75 Å². The van der Waals surface area contributed by atoms with Crippen LogP contribution in [0.4, 0.5) is 0 Å². The van der Waals surface area contributed by atoms with Crippen molar-refractivity contribution >= 4 is 17.7 Å². The van der Waals surface area contributed by atoms with Gasteiger partial charge in [-0.15, -0.1) is 10.2 Å². The van der Waals surface area contributed by atoms with Crippen molar-refractivity contribution in [3.8, 4) is 0 Å². The molecule has 5 nitrogen and oxygen atoms in total. The molecule has 6 heteroatoms. The number of amides is 1. The SMILES string of the molecule is CCc1ccc(C(C)NC(=O)CSc2nnc(C)n2C2CCCCC2)cc1. The van der Waals surface area contributed by atoms with Crippen LogP contribution in [0.15, 0.2) is 29.4 Å². The summed E-state index contributed by atoms with van der Waals surface area (Å²) in [7, 11) is 0. The van der Waals surface area contributed by atoms with E-state index >= 15 is 0 Å². The fourth-order valence-corrected chi connectivity index (χ4v) is 4.61. The summed E-state index contributed by atoms with van der Waals surface area (Å²) in [6.07, 6.45) is 7.24. The summed E-state index contributed by atoms with van der Waals surface area (Å²) >= 11 is 1.49. The Bertz CT molecular complexity index is 750. The molecule has 1 heterocycles. The van der Waals surface area contributed by atoms with Gasteiger partial charge in [0, 0.05) is 6.04 Å². The monoisotopic (exact) mass is 386 g/mol. The molecule has 27 heavy (non-hydrogen) atoms. The lowest BCUT2D eigenvalue weighted by atomic mass is 9.95. The van der Waals surface area contributed by atoms with E-state index in [4.69, 9.17) is 0 Å². The zero-order valence-corrected chi connectivity index (χ0v) is 17.4. The maximum atomic E-state index is 12.4. The van der Waals surface area contributed by atoms with Crippen LogP contribution in [0.3, 0.4) is 0 Å². The highest BCUT2D eigenvalue weighted by Gasteiger charge is 2.22. The van der Waals surface area contributed by atoms with Gasteiger partial charge in [-0.3, -0.25) is 4.79 Å². The van der Waals surface area contributed by atoms with E-state index in [9.17, 15) is 4.79 Å². The van der Waals surface area contributed by atoms with Gasteiger partial charge in [-0.1, -0.05) is 62.2 Å². The molecule has 1 aromatic heterocycles. The molecule has 2 aromatic rings. The number of carbonyl (C=O) groups excluding carboxylic acids is 1. The molecule has 1 fully saturated rings. The molecular weight excluding hydrogens is 356 g/mol. The average Bonchev–Trinajstić information content (AvgIpc) is 3.07. The molecule has 146 valence electrons. The fraction of sp³-hybridized carbons (Fsp3) is 0.571. The van der Waals surface area contributed by atoms with Gasteiger partial charge in [0.25, 0.3) is 0 Å². The van der Waals surface area contributed by atoms with Crippen LogP contribution >= 0.6 is 11.8 Å². The van der Waals surface area contributed by atoms with Crippen LogP contribution in [0.25, 0.3) is 0 Å². The van der Waals surface area contributed by atoms with E-state index in [1.54, 1.807) is 0 Å². The summed E-state index contributed by atoms with van der Waals surface area (Å²) in [5, 5.41) is 12.5. The lowest BCUT2D eigenvalue weighted by Gasteiger charge is -2.25. The number of carbonyl (C=O) groups is 1. The van der Waals surface area contributed by atoms with Gasteiger partial charge in [0.2, 0.25) is 5.91 Å². The van der Waals surface area contributed by atoms with E-state index < -0.39 is 0 Å². The van der Waals surface area contributed by atoms with Crippen molar-refractivity contribution in [2.24, 2.45) is 0 Å². The van der Waals surface area contributed by atoms with E-state index in [1.165, 1.54) is 49.4 Å². The molecule has 1 N–H and O–H groups in total. The Kier molecular flexibility index (Phi) is 6.94. The molecule has 0 saturated heterocycles. The summed E-state index contributed by atoms with van der Waals surface area (Å²) in [5.74, 6) is 1.35. The minimum Gasteiger partial charge on any atom is -0.349 e. The van der Waals surface area contributed by atoms with Gasteiger partial charge in [0.05, 0.1) is 11.8 Å². The van der Waals surface area contributed by atoms with E-state index in [0.29, 0.717) is 11.8 Å². The Morgan fingerprint density at radius 1 is 1.22 bits per heavy atom. The molecule has 1 amide bonds. The predicted molar refractivity (Wildman–Crippen MR) is 110 cm³/mol. The number of hydrogen-bond donors (Lipinski definition) is 1. The van der Waals surface area contributed by atoms with Gasteiger partial charge in [0.15, 0.2) is 5.16 Å². The topological polar surface area (TPSA) is 59.8 Å². The number of nitrogens with zero attached hydrogens (tertiary/aromatic N) is 3. The highest BCUT2D eigenvalue weighted by molar-refractivity contribution is 7.99. The third-order valence-corrected chi connectivity index (χ3v) is 6.32. The Hall–Kier alpha value is -1.82. The second-order valence-corrected chi connectivity index (χ2v) is 8.31. The maximum absolute atomic E-state index is 12.4. The summed E-state index contributed by atoms with van der Waals surface area (Å²) in [4.78, 5) is 12.4. The molecule has 3 rings (SSSR count). The summed E-state index contributed by atoms with van der Waals surface area (Å²) in [6, 6.07) is 8.93. The molecule has 1 atom stereocenters. The summed E-state index contributed by atoms with van der Waals surface area (Å²) < 4.78 is 2.24. The standard InChI is InChI=1S/C21H30N4OS/c1-4-17-10-12-18(13-11-17)15(2)22-20(26)14-27-21-24-23-16(3)25(21)19-8-6-5-7-9-19/h10-13,15,19H,4-9,14H2,1-3H3,(H,22,26). The van der Waals surface area contributed by atoms with E-state index in [-0.39, 0.29) is 11.9 Å². The normalized spacial score (nSPS) is 16.3. The maximum Gasteiger partial charge on any atom is 0.230 e. The first-order chi connectivity index (χ1) is 13.1. The smallest absolute Gasteiger partial charge is 0.230 e. The van der Waals surface area contributed by atoms with Crippen LogP contribution in [-0.2, 0) is 11.2 Å². The van der Waals surface area contributed by atoms with Gasteiger partial charge in [-0.25, -0.2) is 0 Å². The zero-order valence-electron chi connectivity index (χ0n) is 16.6. The summed E-state index contributed by atoms with van der Waals surface area (Å²) in [5.41, 5.74) is 2.44. The number of aryl methyl sites for hydroxylation is 2. The number of aromatic nitrogens is 3. The molecule has 1 aliphatic carbocycles. The summed E-state index contributed by atoms with van der Waals surface area (Å²) in [6.45, 7) is 6.18. The number of nitrogens with one attached hydrogen (secondary N) is 1. The zero-order chi connectivity index (χ0) is 19.2. The molecule has 1 aromatic carbocycles. The van der Waals surface area contributed by atoms with Crippen LogP contribution < -0.4 is 5.32 Å². The Morgan fingerprint density at radius 3 is 2.59 bits per heavy atom. The van der Waals surface area contributed by atoms with Crippen LogP contribution in [-0.4, -0.2) is 26.4 Å². The van der Waals surface area contributed by atoms with E-state index in [1.807, 2.05) is 13.8 Å². The highest BCUT2D eigenvalue weighted by Crippen LogP contribution is 2.32. The van der Waals surface area contributed by atoms with Gasteiger partial charge >= 0.3 is 0 Å². The van der Waals surface area contributed by atoms with Crippen LogP contribution in [0, 0.1) is 6.92 Å². The quantitative estimate of drug-likeness (QED) is 0.705. The first kappa shape index (κ1) is 19.9. The molecular formula is C21H30N4OS. The molecule has 0 aliphatic heterocycles. The first-order valence-electron chi connectivity index (χ1n) is 10.0. The van der Waals surface area contributed by atoms with Crippen LogP contribution in [0.5, 0.6) is 0 Å². The number of thioether (sulfide) groups is 1. The highest BCUT2D eigenvalue weighted by atomic mass is 32.2. The van der Waals surface area contributed by atoms with Crippen molar-refractivity contribution in [2.45, 2.75) is 76.5 Å². The predicted octanol–water partition coefficient (Wildman–Crippen LogP) is 4.62. The molecule has 1 aliphatic rings. The van der Waals surface area contributed by atoms with Crippen molar-refractivity contribution in [1.29, 1.82) is 0 Å². The second-order valence-electron chi connectivity index (χ2n) is 7.36. The third kappa shape index (κ3) is 5.12. The van der Waals surface area contributed by atoms with Gasteiger partial charge in [-0.2, -0.15) is 0 Å². The van der Waals surface area contributed by atoms with Crippen LogP contribution in [0.1, 0.15) is 75.0 Å². The second kappa shape index (κ2) is 9.40. The van der Waals surface area contributed by atoms with Crippen LogP contribution in [0.2, 0.25) is 0 Å². The largest absolute Gasteiger partial charge is 0.349 e. The third-order valence-electron chi connectivity index (χ3n) is 5.37. The number of hydrogen-bond acceptors (Lipinski definition) is 4. The Labute approximate surface area is 166 Å². The van der Waals surface area contributed by atoms with Crippen molar-refractivity contribution in [3.05, 3.63) is 41.2 Å². The lowest BCUT2D eigenvalue weighted by Crippen LogP contribution is -2.28. The molecule has 0 radical (unpaired) electrons. The van der Waals surface area contributed by atoms with Crippen molar-refractivity contribution < 1.29 is 4.79 Å². The van der Waals surface area contributed by atoms with Gasteiger partial charge < -0.3 is 9.88 Å². The van der Waals surface area contributed by atoms with Crippen molar-refractivity contribution in [3.63, 3.8) is 0 Å². The Morgan fingerprint density at radius 2 is 1.93 bits per heavy atom. The van der Waals surface area contributed by atoms with E-state index in [0.717, 1.165) is 23.0 Å². The number of rotatable bonds is 7. The molecule has 0 bridgehead atoms. The number of benzene rings is 1. The average molecular weight is 387 g/mol. The van der Waals surface area contributed by atoms with E-state index in [2.05, 4.69) is 51.3 Å². The fourth-order valence-electron chi connectivity index (χ4n) is 3.75.